The van der Waals surface area contributed by atoms with Gasteiger partial charge in [0.15, 0.2) is 11.5 Å². The Bertz CT molecular complexity index is 1940. The highest BCUT2D eigenvalue weighted by Gasteiger charge is 2.18. The highest BCUT2D eigenvalue weighted by molar-refractivity contribution is 5.94. The Hall–Kier alpha value is -6.42. The van der Waals surface area contributed by atoms with Crippen LogP contribution in [0.3, 0.4) is 0 Å². The molecule has 0 N–H and O–H groups in total. The molecule has 60 heavy (non-hydrogen) atoms. The summed E-state index contributed by atoms with van der Waals surface area (Å²) in [5, 5.41) is 0. The number of carbonyl (C=O) groups excluding carboxylic acids is 4. The summed E-state index contributed by atoms with van der Waals surface area (Å²) in [7, 11) is 0. The van der Waals surface area contributed by atoms with Crippen LogP contribution in [0.1, 0.15) is 132 Å². The van der Waals surface area contributed by atoms with Crippen molar-refractivity contribution in [3.63, 3.8) is 0 Å². The third-order valence-corrected chi connectivity index (χ3v) is 9.57. The fraction of sp³-hybridized carbons (Fsp3) is 0.320. The van der Waals surface area contributed by atoms with E-state index in [0.29, 0.717) is 35.8 Å². The van der Waals surface area contributed by atoms with Crippen LogP contribution in [0, 0.1) is 0 Å². The van der Waals surface area contributed by atoms with Gasteiger partial charge in [-0.25, -0.2) is 19.2 Å². The summed E-state index contributed by atoms with van der Waals surface area (Å²) >= 11 is 0. The maximum Gasteiger partial charge on any atom is 0.343 e. The molecular formula is C50H54O10. The molecule has 0 aliphatic heterocycles. The van der Waals surface area contributed by atoms with Gasteiger partial charge in [-0.1, -0.05) is 90.2 Å². The summed E-state index contributed by atoms with van der Waals surface area (Å²) in [5.41, 5.74) is 1.08. The van der Waals surface area contributed by atoms with Crippen molar-refractivity contribution >= 4 is 23.9 Å². The van der Waals surface area contributed by atoms with Crippen molar-refractivity contribution in [2.24, 2.45) is 0 Å². The van der Waals surface area contributed by atoms with Crippen molar-refractivity contribution < 1.29 is 47.6 Å². The molecule has 0 aliphatic carbocycles. The zero-order chi connectivity index (χ0) is 42.4. The molecule has 0 spiro atoms. The van der Waals surface area contributed by atoms with Gasteiger partial charge in [0.2, 0.25) is 0 Å². The van der Waals surface area contributed by atoms with E-state index in [1.54, 1.807) is 60.7 Å². The van der Waals surface area contributed by atoms with Gasteiger partial charge >= 0.3 is 23.9 Å². The lowest BCUT2D eigenvalue weighted by Gasteiger charge is -2.11. The van der Waals surface area contributed by atoms with Crippen molar-refractivity contribution in [3.8, 4) is 34.5 Å². The van der Waals surface area contributed by atoms with Crippen LogP contribution in [0.5, 0.6) is 34.5 Å². The number of para-hydroxylation sites is 2. The first-order valence-electron chi connectivity index (χ1n) is 21.0. The van der Waals surface area contributed by atoms with Gasteiger partial charge in [0.1, 0.15) is 23.0 Å². The van der Waals surface area contributed by atoms with Gasteiger partial charge in [-0.15, -0.1) is 0 Å². The van der Waals surface area contributed by atoms with Gasteiger partial charge in [0.25, 0.3) is 0 Å². The third kappa shape index (κ3) is 14.8. The zero-order valence-electron chi connectivity index (χ0n) is 34.5. The molecule has 314 valence electrons. The topological polar surface area (TPSA) is 124 Å². The van der Waals surface area contributed by atoms with Crippen LogP contribution in [-0.2, 0) is 0 Å². The summed E-state index contributed by atoms with van der Waals surface area (Å²) in [4.78, 5) is 51.6. The molecule has 0 aromatic heterocycles. The van der Waals surface area contributed by atoms with Crippen LogP contribution in [-0.4, -0.2) is 37.1 Å². The number of unbranched alkanes of at least 4 members (excludes halogenated alkanes) is 10. The number of rotatable bonds is 24. The smallest absolute Gasteiger partial charge is 0.343 e. The standard InChI is InChI=1S/C50H54O10/c1-3-5-7-9-11-15-35-55-41-27-19-37(20-28-41)47(51)57-43-31-23-39(24-32-43)49(53)59-45-17-13-14-18-46(45)60-50(54)40-25-33-44(34-26-40)58-48(52)38-21-29-42(30-22-38)56-36-16-12-10-8-6-4-2/h13-14,17-34H,3-12,15-16,35-36H2,1-2H3. The molecule has 0 fully saturated rings. The first kappa shape index (κ1) is 44.7. The minimum Gasteiger partial charge on any atom is -0.494 e. The Morgan fingerprint density at radius 2 is 0.617 bits per heavy atom. The van der Waals surface area contributed by atoms with Crippen LogP contribution >= 0.6 is 0 Å². The fourth-order valence-electron chi connectivity index (χ4n) is 6.11. The molecule has 5 aromatic rings. The third-order valence-electron chi connectivity index (χ3n) is 9.57. The Morgan fingerprint density at radius 3 is 0.950 bits per heavy atom. The monoisotopic (exact) mass is 814 g/mol. The molecule has 0 heterocycles. The number of hydrogen-bond donors (Lipinski definition) is 0. The van der Waals surface area contributed by atoms with Gasteiger partial charge < -0.3 is 28.4 Å². The van der Waals surface area contributed by atoms with E-state index in [-0.39, 0.29) is 34.1 Å². The molecule has 0 bridgehead atoms. The van der Waals surface area contributed by atoms with E-state index in [1.807, 2.05) is 0 Å². The van der Waals surface area contributed by atoms with Crippen molar-refractivity contribution in [2.75, 3.05) is 13.2 Å². The highest BCUT2D eigenvalue weighted by Crippen LogP contribution is 2.29. The quantitative estimate of drug-likeness (QED) is 0.0338. The lowest BCUT2D eigenvalue weighted by Crippen LogP contribution is -2.13. The summed E-state index contributed by atoms with van der Waals surface area (Å²) in [6.45, 7) is 5.66. The molecule has 5 rings (SSSR count). The first-order chi connectivity index (χ1) is 29.3. The second-order valence-electron chi connectivity index (χ2n) is 14.3. The molecule has 10 heteroatoms. The van der Waals surface area contributed by atoms with Crippen LogP contribution in [0.2, 0.25) is 0 Å². The molecule has 0 amide bonds. The number of ether oxygens (including phenoxy) is 6. The Morgan fingerprint density at radius 1 is 0.333 bits per heavy atom. The van der Waals surface area contributed by atoms with Crippen molar-refractivity contribution in [3.05, 3.63) is 144 Å². The van der Waals surface area contributed by atoms with Crippen LogP contribution in [0.25, 0.3) is 0 Å². The van der Waals surface area contributed by atoms with E-state index in [0.717, 1.165) is 25.7 Å². The van der Waals surface area contributed by atoms with Crippen molar-refractivity contribution in [2.45, 2.75) is 90.9 Å². The van der Waals surface area contributed by atoms with Gasteiger partial charge in [0.05, 0.1) is 35.5 Å². The first-order valence-corrected chi connectivity index (χ1v) is 21.0. The van der Waals surface area contributed by atoms with E-state index in [2.05, 4.69) is 13.8 Å². The second kappa shape index (κ2) is 24.5. The number of carbonyl (C=O) groups is 4. The van der Waals surface area contributed by atoms with Gasteiger partial charge in [-0.3, -0.25) is 0 Å². The number of esters is 4. The largest absolute Gasteiger partial charge is 0.494 e. The maximum absolute atomic E-state index is 13.1. The summed E-state index contributed by atoms with van der Waals surface area (Å²) in [6.07, 6.45) is 14.2. The summed E-state index contributed by atoms with van der Waals surface area (Å²) < 4.78 is 33.8. The van der Waals surface area contributed by atoms with Crippen molar-refractivity contribution in [1.82, 2.24) is 0 Å². The molecular weight excluding hydrogens is 761 g/mol. The maximum atomic E-state index is 13.1. The molecule has 0 aliphatic rings. The van der Waals surface area contributed by atoms with Gasteiger partial charge in [-0.05, 0) is 122 Å². The minimum atomic E-state index is -0.713. The zero-order valence-corrected chi connectivity index (χ0v) is 34.5. The fourth-order valence-corrected chi connectivity index (χ4v) is 6.11. The Kier molecular flexibility index (Phi) is 18.2. The second-order valence-corrected chi connectivity index (χ2v) is 14.3. The molecule has 0 saturated heterocycles. The van der Waals surface area contributed by atoms with E-state index in [9.17, 15) is 19.2 Å². The predicted octanol–water partition coefficient (Wildman–Crippen LogP) is 12.0. The van der Waals surface area contributed by atoms with Crippen LogP contribution < -0.4 is 28.4 Å². The van der Waals surface area contributed by atoms with Gasteiger partial charge in [-0.2, -0.15) is 0 Å². The lowest BCUT2D eigenvalue weighted by molar-refractivity contribution is 0.0681. The number of benzene rings is 5. The molecule has 0 saturated carbocycles. The normalized spacial score (nSPS) is 10.7. The average Bonchev–Trinajstić information content (AvgIpc) is 3.27. The average molecular weight is 815 g/mol. The number of hydrogen-bond acceptors (Lipinski definition) is 10. The van der Waals surface area contributed by atoms with E-state index >= 15 is 0 Å². The summed E-state index contributed by atoms with van der Waals surface area (Å²) in [6, 6.07) is 31.7. The minimum absolute atomic E-state index is 0.0233. The molecule has 10 nitrogen and oxygen atoms in total. The van der Waals surface area contributed by atoms with Crippen molar-refractivity contribution in [1.29, 1.82) is 0 Å². The lowest BCUT2D eigenvalue weighted by atomic mass is 10.1. The Labute approximate surface area is 352 Å². The molecule has 5 aromatic carbocycles. The predicted molar refractivity (Wildman–Crippen MR) is 230 cm³/mol. The SMILES string of the molecule is CCCCCCCCOc1ccc(C(=O)Oc2ccc(C(=O)Oc3ccccc3OC(=O)c3ccc(OC(=O)c4ccc(OCCCCCCCC)cc4)cc3)cc2)cc1. The molecule has 0 unspecified atom stereocenters. The van der Waals surface area contributed by atoms with E-state index < -0.39 is 23.9 Å². The van der Waals surface area contributed by atoms with Crippen LogP contribution in [0.4, 0.5) is 0 Å². The summed E-state index contributed by atoms with van der Waals surface area (Å²) in [5.74, 6) is -0.614. The van der Waals surface area contributed by atoms with E-state index in [1.165, 1.54) is 112 Å². The van der Waals surface area contributed by atoms with Crippen LogP contribution in [0.15, 0.2) is 121 Å². The highest BCUT2D eigenvalue weighted by atomic mass is 16.6. The molecule has 0 radical (unpaired) electrons. The van der Waals surface area contributed by atoms with E-state index in [4.69, 9.17) is 28.4 Å². The molecule has 0 atom stereocenters. The Balaban J connectivity index is 1.06. The van der Waals surface area contributed by atoms with Gasteiger partial charge in [0, 0.05) is 0 Å².